The standard InChI is InChI=1S/C14H19NO4S/c1-14(2,3)20(17)15-9-11-7-5-6-8-12(11)19-10-13(16)18-4/h5-9H,10H2,1-4H3. The second-order valence-electron chi connectivity index (χ2n) is 5.00. The summed E-state index contributed by atoms with van der Waals surface area (Å²) < 4.78 is 25.3. The van der Waals surface area contributed by atoms with Crippen molar-refractivity contribution in [3.05, 3.63) is 29.8 Å². The van der Waals surface area contributed by atoms with Crippen molar-refractivity contribution in [2.45, 2.75) is 25.5 Å². The first-order valence-electron chi connectivity index (χ1n) is 6.09. The van der Waals surface area contributed by atoms with Crippen LogP contribution in [0.25, 0.3) is 0 Å². The molecule has 0 amide bonds. The lowest BCUT2D eigenvalue weighted by atomic mass is 10.2. The predicted molar refractivity (Wildman–Crippen MR) is 79.4 cm³/mol. The highest BCUT2D eigenvalue weighted by atomic mass is 32.2. The summed E-state index contributed by atoms with van der Waals surface area (Å²) in [6, 6.07) is 7.08. The number of nitrogens with zero attached hydrogens (tertiary/aromatic N) is 1. The van der Waals surface area contributed by atoms with Gasteiger partial charge in [0.15, 0.2) is 6.61 Å². The number of benzene rings is 1. The minimum absolute atomic E-state index is 0.177. The number of methoxy groups -OCH3 is 1. The lowest BCUT2D eigenvalue weighted by Gasteiger charge is -2.17. The van der Waals surface area contributed by atoms with E-state index in [4.69, 9.17) is 4.74 Å². The van der Waals surface area contributed by atoms with Crippen LogP contribution in [0.4, 0.5) is 0 Å². The Hall–Kier alpha value is -1.53. The maximum atomic E-state index is 11.9. The zero-order valence-corrected chi connectivity index (χ0v) is 12.9. The van der Waals surface area contributed by atoms with Crippen LogP contribution in [0.2, 0.25) is 0 Å². The van der Waals surface area contributed by atoms with Crippen LogP contribution in [0.3, 0.4) is 0 Å². The van der Waals surface area contributed by atoms with Gasteiger partial charge in [0, 0.05) is 5.56 Å². The molecule has 0 bridgehead atoms. The van der Waals surface area contributed by atoms with Crippen molar-refractivity contribution in [3.63, 3.8) is 0 Å². The van der Waals surface area contributed by atoms with Gasteiger partial charge in [-0.2, -0.15) is 0 Å². The Bertz CT molecular complexity index is 482. The van der Waals surface area contributed by atoms with E-state index in [-0.39, 0.29) is 6.61 Å². The van der Waals surface area contributed by atoms with E-state index in [2.05, 4.69) is 9.13 Å². The summed E-state index contributed by atoms with van der Waals surface area (Å²) in [6.07, 6.45) is 1.49. The molecule has 6 heteroatoms. The molecule has 20 heavy (non-hydrogen) atoms. The monoisotopic (exact) mass is 297 g/mol. The van der Waals surface area contributed by atoms with Crippen molar-refractivity contribution in [1.82, 2.24) is 0 Å². The first-order chi connectivity index (χ1) is 9.34. The molecule has 0 N–H and O–H groups in total. The van der Waals surface area contributed by atoms with Crippen molar-refractivity contribution >= 4 is 23.5 Å². The molecule has 0 saturated heterocycles. The molecule has 0 aliphatic carbocycles. The van der Waals surface area contributed by atoms with Gasteiger partial charge in [0.25, 0.3) is 0 Å². The van der Waals surface area contributed by atoms with E-state index in [9.17, 15) is 9.35 Å². The largest absolute Gasteiger partial charge is 0.591 e. The summed E-state index contributed by atoms with van der Waals surface area (Å²) in [5.74, 6) is 0.0302. The highest BCUT2D eigenvalue weighted by Crippen LogP contribution is 2.19. The molecule has 0 radical (unpaired) electrons. The molecule has 0 spiro atoms. The van der Waals surface area contributed by atoms with Gasteiger partial charge in [-0.1, -0.05) is 16.5 Å². The molecule has 1 aromatic rings. The van der Waals surface area contributed by atoms with Crippen molar-refractivity contribution < 1.29 is 18.8 Å². The molecule has 0 aliphatic rings. The van der Waals surface area contributed by atoms with E-state index >= 15 is 0 Å². The first kappa shape index (κ1) is 16.5. The average Bonchev–Trinajstić information content (AvgIpc) is 2.41. The second-order valence-corrected chi connectivity index (χ2v) is 6.93. The van der Waals surface area contributed by atoms with Gasteiger partial charge < -0.3 is 14.0 Å². The zero-order chi connectivity index (χ0) is 15.2. The molecule has 0 saturated carbocycles. The molecule has 0 aromatic heterocycles. The highest BCUT2D eigenvalue weighted by Gasteiger charge is 2.25. The van der Waals surface area contributed by atoms with Gasteiger partial charge in [-0.15, -0.1) is 0 Å². The van der Waals surface area contributed by atoms with Crippen molar-refractivity contribution in [1.29, 1.82) is 0 Å². The topological polar surface area (TPSA) is 71.0 Å². The van der Waals surface area contributed by atoms with Crippen LogP contribution in [-0.4, -0.2) is 35.2 Å². The van der Waals surface area contributed by atoms with E-state index in [1.54, 1.807) is 18.2 Å². The van der Waals surface area contributed by atoms with Crippen molar-refractivity contribution in [2.75, 3.05) is 13.7 Å². The third kappa shape index (κ3) is 5.22. The molecule has 0 fully saturated rings. The number of rotatable bonds is 5. The van der Waals surface area contributed by atoms with Crippen LogP contribution < -0.4 is 4.74 Å². The molecular weight excluding hydrogens is 278 g/mol. The van der Waals surface area contributed by atoms with Gasteiger partial charge >= 0.3 is 5.97 Å². The average molecular weight is 297 g/mol. The minimum Gasteiger partial charge on any atom is -0.591 e. The van der Waals surface area contributed by atoms with Crippen molar-refractivity contribution in [2.24, 2.45) is 4.40 Å². The molecule has 1 unspecified atom stereocenters. The van der Waals surface area contributed by atoms with E-state index in [1.807, 2.05) is 26.8 Å². The number of esters is 1. The summed E-state index contributed by atoms with van der Waals surface area (Å²) >= 11 is -1.34. The van der Waals surface area contributed by atoms with E-state index in [0.29, 0.717) is 11.3 Å². The second kappa shape index (κ2) is 7.31. The maximum Gasteiger partial charge on any atom is 0.343 e. The lowest BCUT2D eigenvalue weighted by Crippen LogP contribution is -2.25. The Labute approximate surface area is 122 Å². The summed E-state index contributed by atoms with van der Waals surface area (Å²) in [4.78, 5) is 11.1. The number of para-hydroxylation sites is 1. The molecule has 110 valence electrons. The highest BCUT2D eigenvalue weighted by molar-refractivity contribution is 7.91. The van der Waals surface area contributed by atoms with Gasteiger partial charge in [0.2, 0.25) is 0 Å². The molecule has 1 rings (SSSR count). The van der Waals surface area contributed by atoms with Gasteiger partial charge in [-0.25, -0.2) is 4.79 Å². The number of carbonyl (C=O) groups excluding carboxylic acids is 1. The summed E-state index contributed by atoms with van der Waals surface area (Å²) in [7, 11) is 1.30. The summed E-state index contributed by atoms with van der Waals surface area (Å²) in [5.41, 5.74) is 0.661. The van der Waals surface area contributed by atoms with Gasteiger partial charge in [0.05, 0.1) is 13.3 Å². The van der Waals surface area contributed by atoms with Gasteiger partial charge in [0.1, 0.15) is 21.9 Å². The summed E-state index contributed by atoms with van der Waals surface area (Å²) in [5, 5.41) is 0. The van der Waals surface area contributed by atoms with Crippen LogP contribution in [-0.2, 0) is 20.9 Å². The Kier molecular flexibility index (Phi) is 6.04. The first-order valence-corrected chi connectivity index (χ1v) is 7.20. The van der Waals surface area contributed by atoms with E-state index in [0.717, 1.165) is 0 Å². The zero-order valence-electron chi connectivity index (χ0n) is 12.1. The van der Waals surface area contributed by atoms with Crippen LogP contribution in [0.5, 0.6) is 5.75 Å². The summed E-state index contributed by atoms with van der Waals surface area (Å²) in [6.45, 7) is 5.37. The van der Waals surface area contributed by atoms with Crippen LogP contribution in [0, 0.1) is 0 Å². The Balaban J connectivity index is 2.80. The smallest absolute Gasteiger partial charge is 0.343 e. The lowest BCUT2D eigenvalue weighted by molar-refractivity contribution is -0.142. The van der Waals surface area contributed by atoms with Crippen molar-refractivity contribution in [3.8, 4) is 5.75 Å². The molecular formula is C14H19NO4S. The number of ether oxygens (including phenoxy) is 2. The third-order valence-corrected chi connectivity index (χ3v) is 3.65. The molecule has 0 heterocycles. The molecule has 1 aromatic carbocycles. The van der Waals surface area contributed by atoms with Gasteiger partial charge in [-0.05, 0) is 32.9 Å². The van der Waals surface area contributed by atoms with Crippen LogP contribution in [0.15, 0.2) is 28.7 Å². The third-order valence-electron chi connectivity index (χ3n) is 2.30. The fourth-order valence-electron chi connectivity index (χ4n) is 1.18. The van der Waals surface area contributed by atoms with Crippen LogP contribution in [0.1, 0.15) is 26.3 Å². The van der Waals surface area contributed by atoms with E-state index in [1.165, 1.54) is 13.3 Å². The fraction of sp³-hybridized carbons (Fsp3) is 0.429. The maximum absolute atomic E-state index is 11.9. The number of hydrogen-bond donors (Lipinski definition) is 0. The quantitative estimate of drug-likeness (QED) is 0.474. The Morgan fingerprint density at radius 2 is 2.05 bits per heavy atom. The minimum atomic E-state index is -1.34. The molecule has 1 atom stereocenters. The number of hydrogen-bond acceptors (Lipinski definition) is 5. The van der Waals surface area contributed by atoms with E-state index < -0.39 is 22.1 Å². The SMILES string of the molecule is COC(=O)COc1ccccc1C=N[S+]([O-])C(C)(C)C. The number of carbonyl (C=O) groups is 1. The Morgan fingerprint density at radius 1 is 1.40 bits per heavy atom. The fourth-order valence-corrected chi connectivity index (χ4v) is 1.70. The van der Waals surface area contributed by atoms with Gasteiger partial charge in [-0.3, -0.25) is 0 Å². The Morgan fingerprint density at radius 3 is 2.65 bits per heavy atom. The van der Waals surface area contributed by atoms with Crippen LogP contribution >= 0.6 is 0 Å². The normalized spacial score (nSPS) is 13.2. The molecule has 5 nitrogen and oxygen atoms in total. The molecule has 0 aliphatic heterocycles. The predicted octanol–water partition coefficient (Wildman–Crippen LogP) is 2.12.